The quantitative estimate of drug-likeness (QED) is 0.681. The highest BCUT2D eigenvalue weighted by atomic mass is 79.9. The van der Waals surface area contributed by atoms with Gasteiger partial charge in [-0.3, -0.25) is 0 Å². The lowest BCUT2D eigenvalue weighted by atomic mass is 9.85. The van der Waals surface area contributed by atoms with Gasteiger partial charge in [0.2, 0.25) is 0 Å². The summed E-state index contributed by atoms with van der Waals surface area (Å²) in [6.45, 7) is 4.88. The molecule has 1 aliphatic rings. The van der Waals surface area contributed by atoms with Crippen LogP contribution in [0.15, 0.2) is 36.4 Å². The Morgan fingerprint density at radius 3 is 2.38 bits per heavy atom. The highest BCUT2D eigenvalue weighted by Crippen LogP contribution is 2.41. The van der Waals surface area contributed by atoms with Crippen LogP contribution in [-0.4, -0.2) is 6.61 Å². The molecular weight excluding hydrogens is 338 g/mol. The zero-order chi connectivity index (χ0) is 15.2. The first-order valence-corrected chi connectivity index (χ1v) is 7.66. The summed E-state index contributed by atoms with van der Waals surface area (Å²) in [6.07, 6.45) is 0. The summed E-state index contributed by atoms with van der Waals surface area (Å²) in [5, 5.41) is 0. The summed E-state index contributed by atoms with van der Waals surface area (Å²) in [5.41, 5.74) is 2.59. The number of hydrogen-bond acceptors (Lipinski definition) is 1. The molecule has 2 aromatic carbocycles. The predicted molar refractivity (Wildman–Crippen MR) is 82.1 cm³/mol. The van der Waals surface area contributed by atoms with Gasteiger partial charge >= 0.3 is 0 Å². The summed E-state index contributed by atoms with van der Waals surface area (Å²) in [6, 6.07) is 9.45. The Labute approximate surface area is 131 Å². The van der Waals surface area contributed by atoms with E-state index in [0.717, 1.165) is 22.9 Å². The van der Waals surface area contributed by atoms with Gasteiger partial charge in [0.25, 0.3) is 0 Å². The maximum absolute atomic E-state index is 13.4. The largest absolute Gasteiger partial charge is 0.492 e. The van der Waals surface area contributed by atoms with Gasteiger partial charge in [-0.2, -0.15) is 0 Å². The molecule has 0 spiro atoms. The highest BCUT2D eigenvalue weighted by molar-refractivity contribution is 9.09. The molecule has 0 saturated heterocycles. The number of alkyl halides is 1. The fourth-order valence-corrected chi connectivity index (χ4v) is 3.16. The van der Waals surface area contributed by atoms with Crippen LogP contribution in [0.3, 0.4) is 0 Å². The van der Waals surface area contributed by atoms with E-state index in [-0.39, 0.29) is 10.2 Å². The Morgan fingerprint density at radius 2 is 1.71 bits per heavy atom. The second kappa shape index (κ2) is 5.09. The van der Waals surface area contributed by atoms with Crippen LogP contribution >= 0.6 is 15.9 Å². The van der Waals surface area contributed by atoms with Crippen molar-refractivity contribution in [3.05, 3.63) is 64.7 Å². The molecule has 0 N–H and O–H groups in total. The molecule has 3 rings (SSSR count). The maximum Gasteiger partial charge on any atom is 0.126 e. The minimum absolute atomic E-state index is 0.0503. The molecule has 0 amide bonds. The zero-order valence-electron chi connectivity index (χ0n) is 11.8. The molecule has 0 aliphatic carbocycles. The van der Waals surface area contributed by atoms with E-state index in [2.05, 4.69) is 29.8 Å². The molecule has 2 aromatic rings. The van der Waals surface area contributed by atoms with Crippen molar-refractivity contribution in [2.45, 2.75) is 24.1 Å². The van der Waals surface area contributed by atoms with Crippen LogP contribution in [0.5, 0.6) is 5.75 Å². The lowest BCUT2D eigenvalue weighted by Crippen LogP contribution is -2.18. The van der Waals surface area contributed by atoms with Crippen LogP contribution in [-0.2, 0) is 5.41 Å². The van der Waals surface area contributed by atoms with E-state index >= 15 is 0 Å². The topological polar surface area (TPSA) is 9.23 Å². The average molecular weight is 353 g/mol. The molecule has 110 valence electrons. The third kappa shape index (κ3) is 2.69. The average Bonchev–Trinajstić information content (AvgIpc) is 2.72. The van der Waals surface area contributed by atoms with Gasteiger partial charge in [-0.1, -0.05) is 35.8 Å². The van der Waals surface area contributed by atoms with Crippen molar-refractivity contribution in [1.82, 2.24) is 0 Å². The fraction of sp³-hybridized carbons (Fsp3) is 0.294. The molecule has 4 heteroatoms. The molecule has 1 unspecified atom stereocenters. The van der Waals surface area contributed by atoms with E-state index in [1.54, 1.807) is 0 Å². The lowest BCUT2D eigenvalue weighted by Gasteiger charge is -2.18. The molecular formula is C17H15BrF2O. The molecule has 0 saturated carbocycles. The van der Waals surface area contributed by atoms with E-state index in [0.29, 0.717) is 12.2 Å². The first-order valence-electron chi connectivity index (χ1n) is 6.74. The van der Waals surface area contributed by atoms with Gasteiger partial charge in [0, 0.05) is 17.0 Å². The van der Waals surface area contributed by atoms with Crippen molar-refractivity contribution in [2.24, 2.45) is 0 Å². The summed E-state index contributed by atoms with van der Waals surface area (Å²) in [5.74, 6) is -0.257. The number of fused-ring (bicyclic) bond motifs is 1. The van der Waals surface area contributed by atoms with Crippen LogP contribution in [0.2, 0.25) is 0 Å². The van der Waals surface area contributed by atoms with E-state index in [9.17, 15) is 8.78 Å². The third-order valence-electron chi connectivity index (χ3n) is 3.79. The Kier molecular flexibility index (Phi) is 3.52. The Balaban J connectivity index is 2.01. The van der Waals surface area contributed by atoms with Crippen molar-refractivity contribution < 1.29 is 13.5 Å². The van der Waals surface area contributed by atoms with Gasteiger partial charge in [0.1, 0.15) is 17.4 Å². The van der Waals surface area contributed by atoms with Crippen molar-refractivity contribution in [3.8, 4) is 5.75 Å². The van der Waals surface area contributed by atoms with E-state index < -0.39 is 11.6 Å². The normalized spacial score (nSPS) is 17.2. The van der Waals surface area contributed by atoms with Gasteiger partial charge in [0.15, 0.2) is 0 Å². The fourth-order valence-electron chi connectivity index (χ4n) is 2.61. The van der Waals surface area contributed by atoms with E-state index in [1.165, 1.54) is 12.1 Å². The van der Waals surface area contributed by atoms with Gasteiger partial charge < -0.3 is 4.74 Å². The molecule has 0 aromatic heterocycles. The summed E-state index contributed by atoms with van der Waals surface area (Å²) in [4.78, 5) is -0.260. The molecule has 1 heterocycles. The van der Waals surface area contributed by atoms with Crippen LogP contribution in [0, 0.1) is 11.6 Å². The molecule has 1 atom stereocenters. The van der Waals surface area contributed by atoms with Gasteiger partial charge in [-0.05, 0) is 35.4 Å². The smallest absolute Gasteiger partial charge is 0.126 e. The number of hydrogen-bond donors (Lipinski definition) is 0. The SMILES string of the molecule is CC1(C)COc2ccc(C(Br)c3cc(F)cc(F)c3)cc21. The number of halogens is 3. The van der Waals surface area contributed by atoms with Crippen LogP contribution in [0.1, 0.15) is 35.4 Å². The molecule has 0 bridgehead atoms. The van der Waals surface area contributed by atoms with Crippen molar-refractivity contribution >= 4 is 15.9 Å². The van der Waals surface area contributed by atoms with Crippen LogP contribution in [0.25, 0.3) is 0 Å². The third-order valence-corrected chi connectivity index (χ3v) is 4.85. The summed E-state index contributed by atoms with van der Waals surface area (Å²) < 4.78 is 32.4. The molecule has 0 radical (unpaired) electrons. The molecule has 1 aliphatic heterocycles. The number of ether oxygens (including phenoxy) is 1. The summed E-state index contributed by atoms with van der Waals surface area (Å²) >= 11 is 3.53. The predicted octanol–water partition coefficient (Wildman–Crippen LogP) is 5.12. The van der Waals surface area contributed by atoms with Crippen molar-refractivity contribution in [3.63, 3.8) is 0 Å². The van der Waals surface area contributed by atoms with Crippen LogP contribution < -0.4 is 4.74 Å². The minimum atomic E-state index is -0.570. The van der Waals surface area contributed by atoms with E-state index in [1.807, 2.05) is 18.2 Å². The molecule has 1 nitrogen and oxygen atoms in total. The monoisotopic (exact) mass is 352 g/mol. The first kappa shape index (κ1) is 14.5. The van der Waals surface area contributed by atoms with Gasteiger partial charge in [0.05, 0.1) is 11.4 Å². The maximum atomic E-state index is 13.4. The Bertz CT molecular complexity index is 677. The second-order valence-electron chi connectivity index (χ2n) is 5.99. The van der Waals surface area contributed by atoms with E-state index in [4.69, 9.17) is 4.74 Å². The standard InChI is InChI=1S/C17H15BrF2O/c1-17(2)9-21-15-4-3-10(7-14(15)17)16(18)11-5-12(19)8-13(20)6-11/h3-8,16H,9H2,1-2H3. The highest BCUT2D eigenvalue weighted by Gasteiger charge is 2.32. The Hall–Kier alpha value is -1.42. The van der Waals surface area contributed by atoms with Crippen LogP contribution in [0.4, 0.5) is 8.78 Å². The molecule has 21 heavy (non-hydrogen) atoms. The second-order valence-corrected chi connectivity index (χ2v) is 6.91. The van der Waals surface area contributed by atoms with Crippen molar-refractivity contribution in [1.29, 1.82) is 0 Å². The number of benzene rings is 2. The Morgan fingerprint density at radius 1 is 1.05 bits per heavy atom. The first-order chi connectivity index (χ1) is 9.87. The lowest BCUT2D eigenvalue weighted by molar-refractivity contribution is 0.291. The van der Waals surface area contributed by atoms with Gasteiger partial charge in [-0.25, -0.2) is 8.78 Å². The summed E-state index contributed by atoms with van der Waals surface area (Å²) in [7, 11) is 0. The molecule has 0 fully saturated rings. The van der Waals surface area contributed by atoms with Crippen molar-refractivity contribution in [2.75, 3.05) is 6.61 Å². The zero-order valence-corrected chi connectivity index (χ0v) is 13.4. The number of rotatable bonds is 2. The minimum Gasteiger partial charge on any atom is -0.492 e. The van der Waals surface area contributed by atoms with Gasteiger partial charge in [-0.15, -0.1) is 0 Å².